The minimum absolute atomic E-state index is 0.259. The summed E-state index contributed by atoms with van der Waals surface area (Å²) in [5.74, 6) is -0.259. The lowest BCUT2D eigenvalue weighted by Gasteiger charge is -2.00. The second-order valence-corrected chi connectivity index (χ2v) is 5.57. The third-order valence-corrected chi connectivity index (χ3v) is 4.24. The van der Waals surface area contributed by atoms with E-state index >= 15 is 0 Å². The fourth-order valence-electron chi connectivity index (χ4n) is 3.26. The lowest BCUT2D eigenvalue weighted by molar-refractivity contribution is 0.0529. The predicted octanol–water partition coefficient (Wildman–Crippen LogP) is 5.32. The highest BCUT2D eigenvalue weighted by atomic mass is 16.5. The Kier molecular flexibility index (Phi) is 3.23. The van der Waals surface area contributed by atoms with Crippen LogP contribution in [0.3, 0.4) is 0 Å². The SMILES string of the molecule is CCOC(=O)c1ccc2cccc3c4cccccc4cc3c12. The molecule has 4 aromatic carbocycles. The van der Waals surface area contributed by atoms with Crippen molar-refractivity contribution in [1.82, 2.24) is 0 Å². The lowest BCUT2D eigenvalue weighted by atomic mass is 10.1. The average Bonchev–Trinajstić information content (AvgIpc) is 2.95. The van der Waals surface area contributed by atoms with Crippen molar-refractivity contribution in [2.75, 3.05) is 6.61 Å². The van der Waals surface area contributed by atoms with Crippen LogP contribution in [0.15, 0.2) is 66.7 Å². The highest BCUT2D eigenvalue weighted by molar-refractivity contribution is 6.24. The highest BCUT2D eigenvalue weighted by Crippen LogP contribution is 2.35. The highest BCUT2D eigenvalue weighted by Gasteiger charge is 2.15. The fourth-order valence-corrected chi connectivity index (χ4v) is 3.26. The Balaban J connectivity index is 2.17. The van der Waals surface area contributed by atoms with Gasteiger partial charge in [0.25, 0.3) is 0 Å². The summed E-state index contributed by atoms with van der Waals surface area (Å²) >= 11 is 0. The molecule has 0 unspecified atom stereocenters. The molecule has 0 fully saturated rings. The fraction of sp³-hybridized carbons (Fsp3) is 0.0952. The molecule has 0 atom stereocenters. The Morgan fingerprint density at radius 2 is 1.61 bits per heavy atom. The average molecular weight is 300 g/mol. The van der Waals surface area contributed by atoms with E-state index in [2.05, 4.69) is 24.3 Å². The predicted molar refractivity (Wildman–Crippen MR) is 94.9 cm³/mol. The molecule has 0 amide bonds. The zero-order valence-corrected chi connectivity index (χ0v) is 12.9. The number of fused-ring (bicyclic) bond motifs is 5. The quantitative estimate of drug-likeness (QED) is 0.468. The van der Waals surface area contributed by atoms with Gasteiger partial charge in [0, 0.05) is 5.39 Å². The molecule has 0 radical (unpaired) electrons. The number of esters is 1. The first kappa shape index (κ1) is 13.8. The molecule has 0 aliphatic rings. The van der Waals surface area contributed by atoms with Crippen molar-refractivity contribution in [3.05, 3.63) is 72.3 Å². The molecule has 0 aliphatic heterocycles. The van der Waals surface area contributed by atoms with Crippen molar-refractivity contribution < 1.29 is 9.53 Å². The Morgan fingerprint density at radius 3 is 2.48 bits per heavy atom. The van der Waals surface area contributed by atoms with E-state index in [9.17, 15) is 4.79 Å². The monoisotopic (exact) mass is 300 g/mol. The Labute approximate surface area is 134 Å². The molecule has 4 aromatic rings. The first-order chi connectivity index (χ1) is 11.3. The molecule has 23 heavy (non-hydrogen) atoms. The number of carbonyl (C=O) groups excluding carboxylic acids is 1. The van der Waals surface area contributed by atoms with Crippen molar-refractivity contribution in [1.29, 1.82) is 0 Å². The topological polar surface area (TPSA) is 26.3 Å². The molecule has 2 heteroatoms. The summed E-state index contributed by atoms with van der Waals surface area (Å²) in [5.41, 5.74) is 0.641. The van der Waals surface area contributed by atoms with Gasteiger partial charge in [-0.2, -0.15) is 0 Å². The summed E-state index contributed by atoms with van der Waals surface area (Å²) < 4.78 is 5.22. The maximum atomic E-state index is 12.3. The normalized spacial score (nSPS) is 11.2. The van der Waals surface area contributed by atoms with Crippen LogP contribution in [0.1, 0.15) is 17.3 Å². The first-order valence-electron chi connectivity index (χ1n) is 7.80. The van der Waals surface area contributed by atoms with Crippen molar-refractivity contribution in [2.24, 2.45) is 0 Å². The number of hydrogen-bond acceptors (Lipinski definition) is 2. The summed E-state index contributed by atoms with van der Waals surface area (Å²) in [6, 6.07) is 22.6. The zero-order chi connectivity index (χ0) is 15.8. The third-order valence-electron chi connectivity index (χ3n) is 4.24. The van der Waals surface area contributed by atoms with Gasteiger partial charge in [-0.1, -0.05) is 54.6 Å². The molecule has 112 valence electrons. The van der Waals surface area contributed by atoms with Crippen LogP contribution in [0.5, 0.6) is 0 Å². The summed E-state index contributed by atoms with van der Waals surface area (Å²) in [7, 11) is 0. The van der Waals surface area contributed by atoms with Crippen molar-refractivity contribution in [2.45, 2.75) is 6.92 Å². The van der Waals surface area contributed by atoms with Gasteiger partial charge in [0.1, 0.15) is 0 Å². The van der Waals surface area contributed by atoms with Crippen LogP contribution in [-0.2, 0) is 4.74 Å². The zero-order valence-electron chi connectivity index (χ0n) is 12.9. The van der Waals surface area contributed by atoms with E-state index in [1.807, 2.05) is 49.4 Å². The van der Waals surface area contributed by atoms with Crippen LogP contribution >= 0.6 is 0 Å². The van der Waals surface area contributed by atoms with Gasteiger partial charge in [-0.3, -0.25) is 0 Å². The molecule has 0 aliphatic carbocycles. The standard InChI is InChI=1S/C21H16O2/c1-2-23-21(22)18-12-11-14-8-6-10-17-16-9-5-3-4-7-15(16)13-19(17)20(14)18/h3-13H,2H2,1H3. The molecule has 0 saturated heterocycles. The summed E-state index contributed by atoms with van der Waals surface area (Å²) in [6.45, 7) is 2.21. The van der Waals surface area contributed by atoms with E-state index in [1.54, 1.807) is 0 Å². The van der Waals surface area contributed by atoms with E-state index in [0.29, 0.717) is 12.2 Å². The van der Waals surface area contributed by atoms with Gasteiger partial charge in [0.15, 0.2) is 0 Å². The maximum Gasteiger partial charge on any atom is 0.338 e. The molecule has 2 nitrogen and oxygen atoms in total. The molecule has 0 spiro atoms. The first-order valence-corrected chi connectivity index (χ1v) is 7.80. The van der Waals surface area contributed by atoms with Crippen molar-refractivity contribution >= 4 is 38.3 Å². The Hall–Kier alpha value is -2.87. The van der Waals surface area contributed by atoms with Gasteiger partial charge < -0.3 is 4.74 Å². The van der Waals surface area contributed by atoms with Crippen LogP contribution in [0.2, 0.25) is 0 Å². The molecule has 0 saturated carbocycles. The van der Waals surface area contributed by atoms with Crippen LogP contribution < -0.4 is 0 Å². The smallest absolute Gasteiger partial charge is 0.338 e. The van der Waals surface area contributed by atoms with Crippen molar-refractivity contribution in [3.8, 4) is 0 Å². The largest absolute Gasteiger partial charge is 0.462 e. The Bertz CT molecular complexity index is 1050. The second-order valence-electron chi connectivity index (χ2n) is 5.57. The molecule has 0 aromatic heterocycles. The Morgan fingerprint density at radius 1 is 0.826 bits per heavy atom. The van der Waals surface area contributed by atoms with E-state index in [4.69, 9.17) is 4.74 Å². The minimum Gasteiger partial charge on any atom is -0.462 e. The van der Waals surface area contributed by atoms with Crippen LogP contribution in [0.25, 0.3) is 32.3 Å². The van der Waals surface area contributed by atoms with Crippen LogP contribution in [0.4, 0.5) is 0 Å². The van der Waals surface area contributed by atoms with E-state index in [-0.39, 0.29) is 5.97 Å². The summed E-state index contributed by atoms with van der Waals surface area (Å²) in [5, 5.41) is 6.65. The molecular weight excluding hydrogens is 284 g/mol. The van der Waals surface area contributed by atoms with Gasteiger partial charge in [0.2, 0.25) is 0 Å². The molecule has 0 heterocycles. The van der Waals surface area contributed by atoms with Gasteiger partial charge in [0.05, 0.1) is 12.2 Å². The third kappa shape index (κ3) is 2.15. The number of rotatable bonds is 2. The van der Waals surface area contributed by atoms with Crippen molar-refractivity contribution in [3.63, 3.8) is 0 Å². The van der Waals surface area contributed by atoms with E-state index in [1.165, 1.54) is 10.8 Å². The number of hydrogen-bond donors (Lipinski definition) is 0. The minimum atomic E-state index is -0.259. The molecular formula is C21H16O2. The van der Waals surface area contributed by atoms with E-state index < -0.39 is 0 Å². The number of carbonyl (C=O) groups is 1. The second kappa shape index (κ2) is 5.40. The summed E-state index contributed by atoms with van der Waals surface area (Å²) in [4.78, 5) is 12.3. The van der Waals surface area contributed by atoms with Gasteiger partial charge >= 0.3 is 5.97 Å². The van der Waals surface area contributed by atoms with E-state index in [0.717, 1.165) is 21.5 Å². The van der Waals surface area contributed by atoms with Crippen LogP contribution in [0, 0.1) is 0 Å². The van der Waals surface area contributed by atoms with Gasteiger partial charge in [-0.15, -0.1) is 0 Å². The molecule has 0 N–H and O–H groups in total. The maximum absolute atomic E-state index is 12.3. The van der Waals surface area contributed by atoms with Gasteiger partial charge in [-0.05, 0) is 46.0 Å². The van der Waals surface area contributed by atoms with Gasteiger partial charge in [-0.25, -0.2) is 4.79 Å². The summed E-state index contributed by atoms with van der Waals surface area (Å²) in [6.07, 6.45) is 0. The molecule has 0 bridgehead atoms. The van der Waals surface area contributed by atoms with Crippen LogP contribution in [-0.4, -0.2) is 12.6 Å². The lowest BCUT2D eigenvalue weighted by Crippen LogP contribution is -2.03. The number of ether oxygens (including phenoxy) is 1. The molecule has 4 rings (SSSR count).